The highest BCUT2D eigenvalue weighted by molar-refractivity contribution is 5.45. The van der Waals surface area contributed by atoms with Gasteiger partial charge in [0.25, 0.3) is 0 Å². The number of ether oxygens (including phenoxy) is 2. The molecule has 0 aliphatic carbocycles. The van der Waals surface area contributed by atoms with Crippen LogP contribution in [0.15, 0.2) is 12.1 Å². The average molecular weight is 332 g/mol. The normalized spacial score (nSPS) is 23.9. The Morgan fingerprint density at radius 3 is 2.75 bits per heavy atom. The number of nitrogens with zero attached hydrogens (tertiary/aromatic N) is 1. The van der Waals surface area contributed by atoms with Crippen LogP contribution in [0, 0.1) is 11.8 Å². The van der Waals surface area contributed by atoms with E-state index in [4.69, 9.17) is 9.47 Å². The highest BCUT2D eigenvalue weighted by atomic mass is 16.5. The SMILES string of the molecule is COCCc1cc2c(cc1OC)CCN1C[C@@H](CC(C)C)CC[C@H]21. The minimum absolute atomic E-state index is 0.615. The first-order valence-electron chi connectivity index (χ1n) is 9.55. The maximum atomic E-state index is 5.64. The summed E-state index contributed by atoms with van der Waals surface area (Å²) < 4.78 is 10.9. The molecule has 2 heterocycles. The van der Waals surface area contributed by atoms with Crippen molar-refractivity contribution in [2.45, 2.75) is 52.0 Å². The molecule has 1 saturated heterocycles. The van der Waals surface area contributed by atoms with Crippen molar-refractivity contribution in [1.29, 1.82) is 0 Å². The molecule has 0 unspecified atom stereocenters. The van der Waals surface area contributed by atoms with Crippen molar-refractivity contribution in [3.05, 3.63) is 28.8 Å². The van der Waals surface area contributed by atoms with Crippen molar-refractivity contribution in [3.63, 3.8) is 0 Å². The van der Waals surface area contributed by atoms with Gasteiger partial charge in [-0.3, -0.25) is 4.90 Å². The van der Waals surface area contributed by atoms with E-state index >= 15 is 0 Å². The van der Waals surface area contributed by atoms with Gasteiger partial charge in [0.2, 0.25) is 0 Å². The van der Waals surface area contributed by atoms with Crippen LogP contribution >= 0.6 is 0 Å². The molecule has 2 aliphatic heterocycles. The molecule has 0 N–H and O–H groups in total. The van der Waals surface area contributed by atoms with E-state index in [2.05, 4.69) is 30.9 Å². The summed E-state index contributed by atoms with van der Waals surface area (Å²) >= 11 is 0. The van der Waals surface area contributed by atoms with E-state index in [1.807, 2.05) is 0 Å². The van der Waals surface area contributed by atoms with Crippen molar-refractivity contribution in [3.8, 4) is 5.75 Å². The Kier molecular flexibility index (Phi) is 5.83. The molecule has 3 nitrogen and oxygen atoms in total. The van der Waals surface area contributed by atoms with Crippen LogP contribution in [0.2, 0.25) is 0 Å². The third-order valence-corrected chi connectivity index (χ3v) is 5.73. The molecule has 134 valence electrons. The van der Waals surface area contributed by atoms with Crippen molar-refractivity contribution in [1.82, 2.24) is 4.90 Å². The predicted molar refractivity (Wildman–Crippen MR) is 98.8 cm³/mol. The molecule has 0 radical (unpaired) electrons. The van der Waals surface area contributed by atoms with Crippen molar-refractivity contribution >= 4 is 0 Å². The minimum atomic E-state index is 0.615. The first kappa shape index (κ1) is 17.8. The van der Waals surface area contributed by atoms with Crippen molar-refractivity contribution in [2.75, 3.05) is 33.9 Å². The summed E-state index contributed by atoms with van der Waals surface area (Å²) in [6.45, 7) is 7.94. The van der Waals surface area contributed by atoms with Gasteiger partial charge in [0.1, 0.15) is 5.75 Å². The van der Waals surface area contributed by atoms with Crippen LogP contribution in [0.1, 0.15) is 55.8 Å². The monoisotopic (exact) mass is 331 g/mol. The van der Waals surface area contributed by atoms with Crippen LogP contribution in [-0.2, 0) is 17.6 Å². The predicted octanol–water partition coefficient (Wildman–Crippen LogP) is 4.24. The molecule has 1 aromatic carbocycles. The molecule has 2 aliphatic rings. The summed E-state index contributed by atoms with van der Waals surface area (Å²) in [4.78, 5) is 2.74. The van der Waals surface area contributed by atoms with Crippen molar-refractivity contribution in [2.24, 2.45) is 11.8 Å². The lowest BCUT2D eigenvalue weighted by molar-refractivity contribution is 0.0895. The molecule has 1 fully saturated rings. The van der Waals surface area contributed by atoms with Gasteiger partial charge in [-0.1, -0.05) is 19.9 Å². The molecular weight excluding hydrogens is 298 g/mol. The van der Waals surface area contributed by atoms with Gasteiger partial charge in [-0.25, -0.2) is 0 Å². The fourth-order valence-electron chi connectivity index (χ4n) is 4.66. The molecule has 3 rings (SSSR count). The smallest absolute Gasteiger partial charge is 0.122 e. The summed E-state index contributed by atoms with van der Waals surface area (Å²) in [7, 11) is 3.55. The number of hydrogen-bond acceptors (Lipinski definition) is 3. The zero-order valence-corrected chi connectivity index (χ0v) is 15.8. The third kappa shape index (κ3) is 3.78. The topological polar surface area (TPSA) is 21.7 Å². The van der Waals surface area contributed by atoms with E-state index in [-0.39, 0.29) is 0 Å². The fraction of sp³-hybridized carbons (Fsp3) is 0.714. The molecule has 0 bridgehead atoms. The number of fused-ring (bicyclic) bond motifs is 3. The Morgan fingerprint density at radius 1 is 1.21 bits per heavy atom. The Balaban J connectivity index is 1.80. The Hall–Kier alpha value is -1.06. The summed E-state index contributed by atoms with van der Waals surface area (Å²) in [5, 5.41) is 0. The number of benzene rings is 1. The molecule has 0 amide bonds. The highest BCUT2D eigenvalue weighted by Gasteiger charge is 2.34. The van der Waals surface area contributed by atoms with E-state index in [9.17, 15) is 0 Å². The summed E-state index contributed by atoms with van der Waals surface area (Å²) in [5.74, 6) is 2.73. The number of piperidine rings is 1. The molecular formula is C21H33NO2. The summed E-state index contributed by atoms with van der Waals surface area (Å²) in [6.07, 6.45) is 6.13. The Labute approximate surface area is 147 Å². The van der Waals surface area contributed by atoms with Gasteiger partial charge in [-0.05, 0) is 66.7 Å². The van der Waals surface area contributed by atoms with Crippen molar-refractivity contribution < 1.29 is 9.47 Å². The van der Waals surface area contributed by atoms with E-state index < -0.39 is 0 Å². The van der Waals surface area contributed by atoms with Gasteiger partial charge in [-0.15, -0.1) is 0 Å². The maximum absolute atomic E-state index is 5.64. The zero-order chi connectivity index (χ0) is 17.1. The molecule has 0 saturated carbocycles. The molecule has 3 heteroatoms. The van der Waals surface area contributed by atoms with Crippen LogP contribution < -0.4 is 4.74 Å². The molecule has 0 aromatic heterocycles. The zero-order valence-electron chi connectivity index (χ0n) is 15.8. The van der Waals surface area contributed by atoms with E-state index in [1.54, 1.807) is 19.8 Å². The lowest BCUT2D eigenvalue weighted by Crippen LogP contribution is -2.42. The van der Waals surface area contributed by atoms with Crippen LogP contribution in [0.4, 0.5) is 0 Å². The Morgan fingerprint density at radius 2 is 2.04 bits per heavy atom. The summed E-state index contributed by atoms with van der Waals surface area (Å²) in [6, 6.07) is 5.31. The van der Waals surface area contributed by atoms with E-state index in [1.165, 1.54) is 43.5 Å². The number of methoxy groups -OCH3 is 2. The van der Waals surface area contributed by atoms with Crippen LogP contribution in [0.5, 0.6) is 5.75 Å². The lowest BCUT2D eigenvalue weighted by Gasteiger charge is -2.44. The standard InChI is InChI=1S/C21H33NO2/c1-15(2)11-16-5-6-20-19-12-18(8-10-23-3)21(24-4)13-17(19)7-9-22(20)14-16/h12-13,15-16,20H,5-11,14H2,1-4H3/t16-,20-/m1/s1. The van der Waals surface area contributed by atoms with Crippen LogP contribution in [-0.4, -0.2) is 38.8 Å². The van der Waals surface area contributed by atoms with E-state index in [0.717, 1.165) is 37.0 Å². The van der Waals surface area contributed by atoms with Gasteiger partial charge >= 0.3 is 0 Å². The largest absolute Gasteiger partial charge is 0.496 e. The quantitative estimate of drug-likeness (QED) is 0.778. The third-order valence-electron chi connectivity index (χ3n) is 5.73. The number of hydrogen-bond donors (Lipinski definition) is 0. The summed E-state index contributed by atoms with van der Waals surface area (Å²) in [5.41, 5.74) is 4.34. The molecule has 24 heavy (non-hydrogen) atoms. The first-order chi connectivity index (χ1) is 11.6. The van der Waals surface area contributed by atoms with Crippen LogP contribution in [0.25, 0.3) is 0 Å². The molecule has 2 atom stereocenters. The van der Waals surface area contributed by atoms with Gasteiger partial charge in [-0.2, -0.15) is 0 Å². The first-order valence-corrected chi connectivity index (χ1v) is 9.55. The number of rotatable bonds is 6. The minimum Gasteiger partial charge on any atom is -0.496 e. The second-order valence-corrected chi connectivity index (χ2v) is 7.94. The second kappa shape index (κ2) is 7.88. The lowest BCUT2D eigenvalue weighted by atomic mass is 9.80. The average Bonchev–Trinajstić information content (AvgIpc) is 2.58. The molecule has 1 aromatic rings. The fourth-order valence-corrected chi connectivity index (χ4v) is 4.66. The highest BCUT2D eigenvalue weighted by Crippen LogP contribution is 2.41. The molecule has 0 spiro atoms. The van der Waals surface area contributed by atoms with Gasteiger partial charge in [0, 0.05) is 26.2 Å². The van der Waals surface area contributed by atoms with Gasteiger partial charge in [0.15, 0.2) is 0 Å². The van der Waals surface area contributed by atoms with E-state index in [0.29, 0.717) is 6.04 Å². The Bertz CT molecular complexity index is 555. The van der Waals surface area contributed by atoms with Gasteiger partial charge < -0.3 is 9.47 Å². The second-order valence-electron chi connectivity index (χ2n) is 7.94. The maximum Gasteiger partial charge on any atom is 0.122 e. The van der Waals surface area contributed by atoms with Gasteiger partial charge in [0.05, 0.1) is 13.7 Å². The van der Waals surface area contributed by atoms with Crippen LogP contribution in [0.3, 0.4) is 0 Å².